The number of hydroxylamine groups is 1. The number of hydrogen-bond acceptors (Lipinski definition) is 3. The largest absolute Gasteiger partial charge is 0.305 e. The topological polar surface area (TPSA) is 47.9 Å². The summed E-state index contributed by atoms with van der Waals surface area (Å²) in [6.07, 6.45) is 0. The molecule has 0 saturated heterocycles. The van der Waals surface area contributed by atoms with Crippen LogP contribution < -0.4 is 5.48 Å². The highest BCUT2D eigenvalue weighted by Crippen LogP contribution is 2.23. The fourth-order valence-corrected chi connectivity index (χ4v) is 2.91. The van der Waals surface area contributed by atoms with Gasteiger partial charge in [0.2, 0.25) is 0 Å². The van der Waals surface area contributed by atoms with E-state index in [1.807, 2.05) is 46.1 Å². The van der Waals surface area contributed by atoms with Gasteiger partial charge in [0.05, 0.1) is 5.69 Å². The van der Waals surface area contributed by atoms with E-state index < -0.39 is 0 Å². The fraction of sp³-hybridized carbons (Fsp3) is 0.316. The SMILES string of the molecule is Cc1cc(C)c(C(=Nc2ccccc2CN(C)C)NO)c(C)c1. The molecule has 0 radical (unpaired) electrons. The smallest absolute Gasteiger partial charge is 0.157 e. The van der Waals surface area contributed by atoms with Gasteiger partial charge in [-0.1, -0.05) is 35.9 Å². The monoisotopic (exact) mass is 311 g/mol. The maximum absolute atomic E-state index is 9.64. The molecule has 0 aromatic heterocycles. The van der Waals surface area contributed by atoms with Crippen LogP contribution in [0.2, 0.25) is 0 Å². The Morgan fingerprint density at radius 3 is 2.26 bits per heavy atom. The molecule has 23 heavy (non-hydrogen) atoms. The summed E-state index contributed by atoms with van der Waals surface area (Å²) in [6.45, 7) is 6.94. The van der Waals surface area contributed by atoms with Gasteiger partial charge in [-0.2, -0.15) is 0 Å². The van der Waals surface area contributed by atoms with Crippen LogP contribution in [0.1, 0.15) is 27.8 Å². The summed E-state index contributed by atoms with van der Waals surface area (Å²) in [6, 6.07) is 12.2. The van der Waals surface area contributed by atoms with E-state index in [0.717, 1.165) is 34.5 Å². The first-order valence-electron chi connectivity index (χ1n) is 7.72. The molecule has 2 rings (SSSR count). The number of aliphatic imine (C=N–C) groups is 1. The lowest BCUT2D eigenvalue weighted by molar-refractivity contribution is 0.235. The second-order valence-electron chi connectivity index (χ2n) is 6.21. The summed E-state index contributed by atoms with van der Waals surface area (Å²) in [5, 5.41) is 9.64. The molecule has 0 amide bonds. The van der Waals surface area contributed by atoms with Crippen molar-refractivity contribution in [3.63, 3.8) is 0 Å². The van der Waals surface area contributed by atoms with Crippen molar-refractivity contribution >= 4 is 11.5 Å². The van der Waals surface area contributed by atoms with Gasteiger partial charge in [-0.05, 0) is 57.6 Å². The van der Waals surface area contributed by atoms with Crippen LogP contribution in [-0.2, 0) is 6.54 Å². The van der Waals surface area contributed by atoms with E-state index in [1.165, 1.54) is 5.56 Å². The first kappa shape index (κ1) is 17.2. The van der Waals surface area contributed by atoms with E-state index in [-0.39, 0.29) is 0 Å². The van der Waals surface area contributed by atoms with Crippen molar-refractivity contribution in [1.82, 2.24) is 10.4 Å². The Labute approximate surface area is 138 Å². The summed E-state index contributed by atoms with van der Waals surface area (Å²) >= 11 is 0. The number of amidine groups is 1. The minimum atomic E-state index is 0.478. The van der Waals surface area contributed by atoms with Crippen molar-refractivity contribution in [2.45, 2.75) is 27.3 Å². The van der Waals surface area contributed by atoms with Gasteiger partial charge < -0.3 is 4.90 Å². The lowest BCUT2D eigenvalue weighted by Gasteiger charge is -2.15. The quantitative estimate of drug-likeness (QED) is 0.514. The van der Waals surface area contributed by atoms with Crippen LogP contribution in [0.25, 0.3) is 0 Å². The number of hydrogen-bond donors (Lipinski definition) is 2. The molecule has 0 saturated carbocycles. The van der Waals surface area contributed by atoms with Crippen LogP contribution in [0, 0.1) is 20.8 Å². The zero-order valence-corrected chi connectivity index (χ0v) is 14.5. The predicted octanol–water partition coefficient (Wildman–Crippen LogP) is 3.73. The van der Waals surface area contributed by atoms with Crippen molar-refractivity contribution in [3.05, 3.63) is 64.2 Å². The van der Waals surface area contributed by atoms with Crippen LogP contribution in [-0.4, -0.2) is 30.0 Å². The van der Waals surface area contributed by atoms with Crippen LogP contribution in [0.4, 0.5) is 5.69 Å². The number of para-hydroxylation sites is 1. The van der Waals surface area contributed by atoms with E-state index in [1.54, 1.807) is 0 Å². The fourth-order valence-electron chi connectivity index (χ4n) is 2.91. The Morgan fingerprint density at radius 1 is 1.09 bits per heavy atom. The molecule has 0 aliphatic rings. The molecule has 0 unspecified atom stereocenters. The molecule has 0 heterocycles. The number of rotatable bonds is 4. The summed E-state index contributed by atoms with van der Waals surface area (Å²) in [5.41, 5.74) is 8.59. The number of aryl methyl sites for hydroxylation is 3. The third-order valence-electron chi connectivity index (χ3n) is 3.73. The number of nitrogens with zero attached hydrogens (tertiary/aromatic N) is 2. The van der Waals surface area contributed by atoms with Gasteiger partial charge in [-0.3, -0.25) is 10.7 Å². The van der Waals surface area contributed by atoms with Gasteiger partial charge in [-0.25, -0.2) is 4.99 Å². The normalized spacial score (nSPS) is 11.9. The first-order valence-corrected chi connectivity index (χ1v) is 7.72. The summed E-state index contributed by atoms with van der Waals surface area (Å²) in [4.78, 5) is 6.78. The van der Waals surface area contributed by atoms with Crippen molar-refractivity contribution in [2.75, 3.05) is 14.1 Å². The van der Waals surface area contributed by atoms with Crippen molar-refractivity contribution in [2.24, 2.45) is 4.99 Å². The molecule has 0 aliphatic heterocycles. The minimum absolute atomic E-state index is 0.478. The van der Waals surface area contributed by atoms with E-state index in [2.05, 4.69) is 40.5 Å². The molecule has 2 aromatic carbocycles. The standard InChI is InChI=1S/C19H25N3O/c1-13-10-14(2)18(15(3)11-13)19(21-23)20-17-9-7-6-8-16(17)12-22(4)5/h6-11,23H,12H2,1-5H3,(H,20,21). The highest BCUT2D eigenvalue weighted by molar-refractivity contribution is 6.02. The molecular weight excluding hydrogens is 286 g/mol. The van der Waals surface area contributed by atoms with E-state index in [0.29, 0.717) is 5.84 Å². The van der Waals surface area contributed by atoms with E-state index in [4.69, 9.17) is 0 Å². The third kappa shape index (κ3) is 4.18. The minimum Gasteiger partial charge on any atom is -0.305 e. The van der Waals surface area contributed by atoms with Crippen LogP contribution in [0.3, 0.4) is 0 Å². The molecule has 2 N–H and O–H groups in total. The average molecular weight is 311 g/mol. The number of nitrogens with one attached hydrogen (secondary N) is 1. The molecule has 122 valence electrons. The molecule has 0 bridgehead atoms. The second kappa shape index (κ2) is 7.40. The molecule has 0 aliphatic carbocycles. The maximum atomic E-state index is 9.64. The lowest BCUT2D eigenvalue weighted by atomic mass is 9.99. The molecule has 4 heteroatoms. The van der Waals surface area contributed by atoms with Crippen molar-refractivity contribution in [3.8, 4) is 0 Å². The highest BCUT2D eigenvalue weighted by Gasteiger charge is 2.12. The molecule has 4 nitrogen and oxygen atoms in total. The second-order valence-corrected chi connectivity index (χ2v) is 6.21. The van der Waals surface area contributed by atoms with Crippen LogP contribution in [0.15, 0.2) is 41.4 Å². The maximum Gasteiger partial charge on any atom is 0.157 e. The Kier molecular flexibility index (Phi) is 5.53. The zero-order valence-electron chi connectivity index (χ0n) is 14.5. The highest BCUT2D eigenvalue weighted by atomic mass is 16.5. The van der Waals surface area contributed by atoms with Crippen molar-refractivity contribution < 1.29 is 5.21 Å². The Bertz CT molecular complexity index is 697. The zero-order chi connectivity index (χ0) is 17.0. The van der Waals surface area contributed by atoms with Gasteiger partial charge in [0, 0.05) is 12.1 Å². The summed E-state index contributed by atoms with van der Waals surface area (Å²) < 4.78 is 0. The van der Waals surface area contributed by atoms with Gasteiger partial charge >= 0.3 is 0 Å². The summed E-state index contributed by atoms with van der Waals surface area (Å²) in [7, 11) is 4.06. The summed E-state index contributed by atoms with van der Waals surface area (Å²) in [5.74, 6) is 0.478. The lowest BCUT2D eigenvalue weighted by Crippen LogP contribution is -2.22. The Morgan fingerprint density at radius 2 is 1.70 bits per heavy atom. The molecule has 0 fully saturated rings. The van der Waals surface area contributed by atoms with E-state index in [9.17, 15) is 5.21 Å². The van der Waals surface area contributed by atoms with Crippen LogP contribution >= 0.6 is 0 Å². The predicted molar refractivity (Wildman–Crippen MR) is 95.6 cm³/mol. The van der Waals surface area contributed by atoms with Gasteiger partial charge in [0.25, 0.3) is 0 Å². The first-order chi connectivity index (χ1) is 10.9. The average Bonchev–Trinajstić information content (AvgIpc) is 2.46. The van der Waals surface area contributed by atoms with Gasteiger partial charge in [-0.15, -0.1) is 0 Å². The molecule has 0 atom stereocenters. The Hall–Kier alpha value is -2.17. The number of benzene rings is 2. The molecule has 2 aromatic rings. The van der Waals surface area contributed by atoms with Crippen LogP contribution in [0.5, 0.6) is 0 Å². The Balaban J connectivity index is 2.53. The van der Waals surface area contributed by atoms with Gasteiger partial charge in [0.1, 0.15) is 0 Å². The van der Waals surface area contributed by atoms with Gasteiger partial charge in [0.15, 0.2) is 5.84 Å². The van der Waals surface area contributed by atoms with Crippen molar-refractivity contribution in [1.29, 1.82) is 0 Å². The third-order valence-corrected chi connectivity index (χ3v) is 3.73. The molecular formula is C19H25N3O. The molecule has 0 spiro atoms. The van der Waals surface area contributed by atoms with E-state index >= 15 is 0 Å².